The molecule has 74 valence electrons. The maximum atomic E-state index is 5.93. The maximum Gasteiger partial charge on any atom is 0.0514 e. The molecule has 0 unspecified atom stereocenters. The minimum Gasteiger partial charge on any atom is -0.398 e. The molecule has 14 heavy (non-hydrogen) atoms. The van der Waals surface area contributed by atoms with Crippen LogP contribution in [0.1, 0.15) is 5.56 Å². The van der Waals surface area contributed by atoms with Crippen LogP contribution in [-0.4, -0.2) is 6.26 Å². The molecule has 2 N–H and O–H groups in total. The van der Waals surface area contributed by atoms with E-state index in [1.165, 1.54) is 20.5 Å². The van der Waals surface area contributed by atoms with E-state index in [1.54, 1.807) is 23.1 Å². The van der Waals surface area contributed by atoms with Crippen molar-refractivity contribution in [2.45, 2.75) is 10.2 Å². The van der Waals surface area contributed by atoms with Gasteiger partial charge in [0.15, 0.2) is 0 Å². The molecular formula is C10H10BrNS2. The molecule has 1 aromatic heterocycles. The van der Waals surface area contributed by atoms with Crippen molar-refractivity contribution in [3.05, 3.63) is 23.1 Å². The molecule has 0 saturated carbocycles. The molecule has 2 rings (SSSR count). The van der Waals surface area contributed by atoms with Crippen LogP contribution >= 0.6 is 39.0 Å². The first kappa shape index (κ1) is 10.3. The third-order valence-corrected chi connectivity index (χ3v) is 4.46. The molecule has 0 bridgehead atoms. The summed E-state index contributed by atoms with van der Waals surface area (Å²) in [6, 6.07) is 4.40. The number of fused-ring (bicyclic) bond motifs is 1. The van der Waals surface area contributed by atoms with E-state index in [1.807, 2.05) is 5.38 Å². The Morgan fingerprint density at radius 2 is 2.29 bits per heavy atom. The van der Waals surface area contributed by atoms with Gasteiger partial charge in [-0.2, -0.15) is 0 Å². The van der Waals surface area contributed by atoms with E-state index < -0.39 is 0 Å². The Morgan fingerprint density at radius 1 is 1.50 bits per heavy atom. The number of thioether (sulfide) groups is 1. The van der Waals surface area contributed by atoms with E-state index >= 15 is 0 Å². The average Bonchev–Trinajstić information content (AvgIpc) is 2.59. The zero-order valence-corrected chi connectivity index (χ0v) is 10.9. The van der Waals surface area contributed by atoms with Crippen LogP contribution in [-0.2, 0) is 5.33 Å². The summed E-state index contributed by atoms with van der Waals surface area (Å²) in [7, 11) is 0. The van der Waals surface area contributed by atoms with Crippen molar-refractivity contribution in [3.8, 4) is 0 Å². The number of rotatable bonds is 2. The topological polar surface area (TPSA) is 26.0 Å². The van der Waals surface area contributed by atoms with Gasteiger partial charge < -0.3 is 5.73 Å². The first-order valence-corrected chi connectivity index (χ1v) is 7.38. The highest BCUT2D eigenvalue weighted by molar-refractivity contribution is 9.08. The molecule has 1 aromatic carbocycles. The first-order chi connectivity index (χ1) is 6.76. The molecule has 0 fully saturated rings. The smallest absolute Gasteiger partial charge is 0.0514 e. The molecular weight excluding hydrogens is 278 g/mol. The van der Waals surface area contributed by atoms with Gasteiger partial charge in [0, 0.05) is 25.7 Å². The van der Waals surface area contributed by atoms with Crippen molar-refractivity contribution in [1.82, 2.24) is 0 Å². The van der Waals surface area contributed by atoms with Gasteiger partial charge in [-0.3, -0.25) is 0 Å². The summed E-state index contributed by atoms with van der Waals surface area (Å²) in [6.07, 6.45) is 2.09. The molecule has 0 saturated heterocycles. The van der Waals surface area contributed by atoms with Gasteiger partial charge in [-0.15, -0.1) is 23.1 Å². The minimum absolute atomic E-state index is 0.897. The number of nitrogen functional groups attached to an aromatic ring is 1. The molecule has 0 spiro atoms. The fraction of sp³-hybridized carbons (Fsp3) is 0.200. The standard InChI is InChI=1S/C10H10BrNS2/c1-13-8-2-6(4-11)3-9-10(8)7(12)5-14-9/h2-3,5H,4,12H2,1H3. The molecule has 0 aliphatic carbocycles. The van der Waals surface area contributed by atoms with E-state index in [9.17, 15) is 0 Å². The van der Waals surface area contributed by atoms with E-state index in [0.29, 0.717) is 0 Å². The monoisotopic (exact) mass is 287 g/mol. The molecule has 0 aliphatic rings. The van der Waals surface area contributed by atoms with Crippen LogP contribution in [0.15, 0.2) is 22.4 Å². The molecule has 0 aliphatic heterocycles. The number of halogens is 1. The van der Waals surface area contributed by atoms with E-state index in [0.717, 1.165) is 11.0 Å². The average molecular weight is 288 g/mol. The van der Waals surface area contributed by atoms with Gasteiger partial charge in [0.1, 0.15) is 0 Å². The van der Waals surface area contributed by atoms with Crippen LogP contribution in [0.3, 0.4) is 0 Å². The number of thiophene rings is 1. The lowest BCUT2D eigenvalue weighted by Gasteiger charge is -2.03. The fourth-order valence-corrected chi connectivity index (χ4v) is 3.47. The van der Waals surface area contributed by atoms with Gasteiger partial charge in [-0.1, -0.05) is 15.9 Å². The van der Waals surface area contributed by atoms with Gasteiger partial charge in [-0.25, -0.2) is 0 Å². The third kappa shape index (κ3) is 1.66. The van der Waals surface area contributed by atoms with Gasteiger partial charge in [0.25, 0.3) is 0 Å². The number of nitrogens with two attached hydrogens (primary N) is 1. The van der Waals surface area contributed by atoms with E-state index in [4.69, 9.17) is 5.73 Å². The largest absolute Gasteiger partial charge is 0.398 e. The van der Waals surface area contributed by atoms with Crippen LogP contribution < -0.4 is 5.73 Å². The minimum atomic E-state index is 0.897. The fourth-order valence-electron chi connectivity index (χ4n) is 1.45. The Labute approximate surface area is 99.8 Å². The molecule has 2 aromatic rings. The molecule has 1 heterocycles. The highest BCUT2D eigenvalue weighted by Crippen LogP contribution is 2.36. The summed E-state index contributed by atoms with van der Waals surface area (Å²) in [5.41, 5.74) is 8.14. The van der Waals surface area contributed by atoms with Gasteiger partial charge in [-0.05, 0) is 24.0 Å². The van der Waals surface area contributed by atoms with Crippen molar-refractivity contribution in [2.24, 2.45) is 0 Å². The Hall–Kier alpha value is -0.190. The van der Waals surface area contributed by atoms with Crippen molar-refractivity contribution in [2.75, 3.05) is 12.0 Å². The van der Waals surface area contributed by atoms with Crippen LogP contribution in [0.4, 0.5) is 5.69 Å². The second kappa shape index (κ2) is 4.13. The second-order valence-electron chi connectivity index (χ2n) is 3.00. The van der Waals surface area contributed by atoms with Gasteiger partial charge in [0.2, 0.25) is 0 Å². The molecule has 4 heteroatoms. The second-order valence-corrected chi connectivity index (χ2v) is 5.32. The van der Waals surface area contributed by atoms with Crippen molar-refractivity contribution < 1.29 is 0 Å². The zero-order chi connectivity index (χ0) is 10.1. The number of anilines is 1. The molecule has 0 radical (unpaired) electrons. The lowest BCUT2D eigenvalue weighted by atomic mass is 10.2. The van der Waals surface area contributed by atoms with Gasteiger partial charge in [0.05, 0.1) is 5.69 Å². The zero-order valence-electron chi connectivity index (χ0n) is 7.71. The van der Waals surface area contributed by atoms with Crippen molar-refractivity contribution >= 4 is 54.8 Å². The highest BCUT2D eigenvalue weighted by Gasteiger charge is 2.07. The first-order valence-electron chi connectivity index (χ1n) is 4.16. The Morgan fingerprint density at radius 3 is 2.93 bits per heavy atom. The van der Waals surface area contributed by atoms with E-state index in [2.05, 4.69) is 34.3 Å². The van der Waals surface area contributed by atoms with Crippen LogP contribution in [0.5, 0.6) is 0 Å². The predicted octanol–water partition coefficient (Wildman–Crippen LogP) is 4.10. The predicted molar refractivity (Wildman–Crippen MR) is 70.6 cm³/mol. The maximum absolute atomic E-state index is 5.93. The summed E-state index contributed by atoms with van der Waals surface area (Å²) >= 11 is 6.94. The summed E-state index contributed by atoms with van der Waals surface area (Å²) in [5, 5.41) is 4.13. The molecule has 1 nitrogen and oxygen atoms in total. The van der Waals surface area contributed by atoms with Crippen molar-refractivity contribution in [1.29, 1.82) is 0 Å². The molecule has 0 atom stereocenters. The third-order valence-electron chi connectivity index (χ3n) is 2.10. The summed E-state index contributed by atoms with van der Waals surface area (Å²) < 4.78 is 1.28. The van der Waals surface area contributed by atoms with Crippen LogP contribution in [0.25, 0.3) is 10.1 Å². The van der Waals surface area contributed by atoms with Gasteiger partial charge >= 0.3 is 0 Å². The Balaban J connectivity index is 2.76. The summed E-state index contributed by atoms with van der Waals surface area (Å²) in [5.74, 6) is 0. The van der Waals surface area contributed by atoms with E-state index in [-0.39, 0.29) is 0 Å². The quantitative estimate of drug-likeness (QED) is 0.665. The Kier molecular flexibility index (Phi) is 3.04. The number of hydrogen-bond acceptors (Lipinski definition) is 3. The number of hydrogen-bond donors (Lipinski definition) is 1. The summed E-state index contributed by atoms with van der Waals surface area (Å²) in [6.45, 7) is 0. The van der Waals surface area contributed by atoms with Crippen molar-refractivity contribution in [3.63, 3.8) is 0 Å². The highest BCUT2D eigenvalue weighted by atomic mass is 79.9. The lowest BCUT2D eigenvalue weighted by Crippen LogP contribution is -1.85. The summed E-state index contributed by atoms with van der Waals surface area (Å²) in [4.78, 5) is 1.27. The molecule has 0 amide bonds. The Bertz CT molecular complexity index is 464. The SMILES string of the molecule is CSc1cc(CBr)cc2scc(N)c12. The van der Waals surface area contributed by atoms with Crippen LogP contribution in [0.2, 0.25) is 0 Å². The number of benzene rings is 1. The number of alkyl halides is 1. The normalized spacial score (nSPS) is 11.0. The van der Waals surface area contributed by atoms with Crippen LogP contribution in [0, 0.1) is 0 Å². The lowest BCUT2D eigenvalue weighted by molar-refractivity contribution is 1.40.